The van der Waals surface area contributed by atoms with Crippen molar-refractivity contribution in [2.45, 2.75) is 6.61 Å². The predicted octanol–water partition coefficient (Wildman–Crippen LogP) is 5.16. The van der Waals surface area contributed by atoms with E-state index in [0.29, 0.717) is 26.4 Å². The van der Waals surface area contributed by atoms with Crippen molar-refractivity contribution < 1.29 is 19.4 Å². The van der Waals surface area contributed by atoms with Crippen LogP contribution in [0.15, 0.2) is 70.2 Å². The average Bonchev–Trinajstić information content (AvgIpc) is 2.75. The molecular formula is C22H18BrClN2O4. The van der Waals surface area contributed by atoms with Gasteiger partial charge in [-0.05, 0) is 51.8 Å². The van der Waals surface area contributed by atoms with Crippen molar-refractivity contribution in [3.63, 3.8) is 0 Å². The Labute approximate surface area is 187 Å². The highest BCUT2D eigenvalue weighted by Crippen LogP contribution is 2.34. The topological polar surface area (TPSA) is 80.2 Å². The number of amides is 1. The maximum Gasteiger partial charge on any atom is 0.275 e. The van der Waals surface area contributed by atoms with Crippen LogP contribution in [-0.4, -0.2) is 24.3 Å². The summed E-state index contributed by atoms with van der Waals surface area (Å²) in [6.45, 7) is 0.231. The van der Waals surface area contributed by atoms with Crippen LogP contribution in [0.25, 0.3) is 0 Å². The van der Waals surface area contributed by atoms with Gasteiger partial charge in [0.25, 0.3) is 5.91 Å². The summed E-state index contributed by atoms with van der Waals surface area (Å²) in [6.07, 6.45) is 1.44. The lowest BCUT2D eigenvalue weighted by Gasteiger charge is -2.11. The van der Waals surface area contributed by atoms with Crippen LogP contribution < -0.4 is 14.9 Å². The molecular weight excluding hydrogens is 472 g/mol. The van der Waals surface area contributed by atoms with Gasteiger partial charge in [0.1, 0.15) is 12.4 Å². The van der Waals surface area contributed by atoms with Crippen LogP contribution in [0.4, 0.5) is 0 Å². The first kappa shape index (κ1) is 21.7. The van der Waals surface area contributed by atoms with E-state index in [2.05, 4.69) is 26.5 Å². The Kier molecular flexibility index (Phi) is 7.32. The van der Waals surface area contributed by atoms with Crippen molar-refractivity contribution in [1.82, 2.24) is 5.43 Å². The lowest BCUT2D eigenvalue weighted by atomic mass is 10.2. The van der Waals surface area contributed by atoms with Gasteiger partial charge in [-0.15, -0.1) is 0 Å². The van der Waals surface area contributed by atoms with Gasteiger partial charge >= 0.3 is 0 Å². The third-order valence-electron chi connectivity index (χ3n) is 4.12. The fraction of sp³-hybridized carbons (Fsp3) is 0.0909. The second-order valence-electron chi connectivity index (χ2n) is 6.13. The Morgan fingerprint density at radius 2 is 1.90 bits per heavy atom. The van der Waals surface area contributed by atoms with E-state index in [1.807, 2.05) is 18.2 Å². The Morgan fingerprint density at radius 3 is 2.67 bits per heavy atom. The van der Waals surface area contributed by atoms with Gasteiger partial charge in [0.05, 0.1) is 23.4 Å². The molecule has 3 rings (SSSR count). The molecule has 2 N–H and O–H groups in total. The highest BCUT2D eigenvalue weighted by atomic mass is 79.9. The number of nitrogens with zero attached hydrogens (tertiary/aromatic N) is 1. The van der Waals surface area contributed by atoms with Crippen molar-refractivity contribution in [2.24, 2.45) is 5.10 Å². The fourth-order valence-electron chi connectivity index (χ4n) is 2.60. The van der Waals surface area contributed by atoms with Crippen LogP contribution in [0.2, 0.25) is 5.02 Å². The second kappa shape index (κ2) is 10.1. The molecule has 8 heteroatoms. The number of hydrogen-bond acceptors (Lipinski definition) is 5. The molecule has 154 valence electrons. The normalized spacial score (nSPS) is 10.8. The number of nitrogens with one attached hydrogen (secondary N) is 1. The number of phenols is 1. The van der Waals surface area contributed by atoms with Crippen LogP contribution in [0.5, 0.6) is 17.2 Å². The Morgan fingerprint density at radius 1 is 1.17 bits per heavy atom. The van der Waals surface area contributed by atoms with Crippen LogP contribution in [0.1, 0.15) is 21.5 Å². The standard InChI is InChI=1S/C22H18BrClN2O4/c1-29-20-11-14(10-17(23)21(20)27)12-25-26-22(28)16-7-3-5-9-19(16)30-13-15-6-2-4-8-18(15)24/h2-12,27H,13H2,1H3,(H,26,28)/b25-12+. The molecule has 0 radical (unpaired) electrons. The van der Waals surface area contributed by atoms with E-state index in [9.17, 15) is 9.90 Å². The minimum absolute atomic E-state index is 0.0109. The maximum absolute atomic E-state index is 12.6. The molecule has 0 spiro atoms. The summed E-state index contributed by atoms with van der Waals surface area (Å²) >= 11 is 9.40. The number of hydrazone groups is 1. The Balaban J connectivity index is 1.70. The summed E-state index contributed by atoms with van der Waals surface area (Å²) in [5.41, 5.74) is 4.26. The summed E-state index contributed by atoms with van der Waals surface area (Å²) in [5.74, 6) is 0.267. The van der Waals surface area contributed by atoms with Gasteiger partial charge in [-0.3, -0.25) is 4.79 Å². The van der Waals surface area contributed by atoms with E-state index in [-0.39, 0.29) is 18.1 Å². The molecule has 0 aliphatic heterocycles. The van der Waals surface area contributed by atoms with E-state index in [1.54, 1.807) is 42.5 Å². The van der Waals surface area contributed by atoms with E-state index in [0.717, 1.165) is 5.56 Å². The first-order valence-corrected chi connectivity index (χ1v) is 10.0. The van der Waals surface area contributed by atoms with Crippen molar-refractivity contribution >= 4 is 39.7 Å². The van der Waals surface area contributed by atoms with E-state index in [1.165, 1.54) is 13.3 Å². The number of rotatable bonds is 7. The molecule has 6 nitrogen and oxygen atoms in total. The monoisotopic (exact) mass is 488 g/mol. The molecule has 0 saturated carbocycles. The number of ether oxygens (including phenoxy) is 2. The molecule has 0 saturated heterocycles. The van der Waals surface area contributed by atoms with Crippen LogP contribution in [0.3, 0.4) is 0 Å². The number of carbonyl (C=O) groups excluding carboxylic acids is 1. The summed E-state index contributed by atoms with van der Waals surface area (Å²) in [4.78, 5) is 12.6. The minimum Gasteiger partial charge on any atom is -0.503 e. The van der Waals surface area contributed by atoms with Gasteiger partial charge in [0, 0.05) is 10.6 Å². The minimum atomic E-state index is -0.425. The molecule has 0 heterocycles. The molecule has 0 fully saturated rings. The number of aromatic hydroxyl groups is 1. The number of carbonyl (C=O) groups is 1. The Hall–Kier alpha value is -3.03. The zero-order chi connectivity index (χ0) is 21.5. The first-order valence-electron chi connectivity index (χ1n) is 8.84. The van der Waals surface area contributed by atoms with Crippen molar-refractivity contribution in [2.75, 3.05) is 7.11 Å². The van der Waals surface area contributed by atoms with Gasteiger partial charge < -0.3 is 14.6 Å². The van der Waals surface area contributed by atoms with E-state index < -0.39 is 5.91 Å². The third kappa shape index (κ3) is 5.31. The van der Waals surface area contributed by atoms with Gasteiger partial charge in [0.15, 0.2) is 11.5 Å². The number of para-hydroxylation sites is 1. The largest absolute Gasteiger partial charge is 0.503 e. The quantitative estimate of drug-likeness (QED) is 0.355. The SMILES string of the molecule is COc1cc(/C=N/NC(=O)c2ccccc2OCc2ccccc2Cl)cc(Br)c1O. The number of methoxy groups -OCH3 is 1. The molecule has 0 aliphatic carbocycles. The lowest BCUT2D eigenvalue weighted by molar-refractivity contribution is 0.0950. The smallest absolute Gasteiger partial charge is 0.275 e. The van der Waals surface area contributed by atoms with Gasteiger partial charge in [0.2, 0.25) is 0 Å². The zero-order valence-electron chi connectivity index (χ0n) is 15.9. The van der Waals surface area contributed by atoms with Gasteiger partial charge in [-0.25, -0.2) is 5.43 Å². The highest BCUT2D eigenvalue weighted by Gasteiger charge is 2.12. The molecule has 1 amide bonds. The first-order chi connectivity index (χ1) is 14.5. The van der Waals surface area contributed by atoms with Gasteiger partial charge in [-0.2, -0.15) is 5.10 Å². The van der Waals surface area contributed by atoms with Crippen LogP contribution in [-0.2, 0) is 6.61 Å². The highest BCUT2D eigenvalue weighted by molar-refractivity contribution is 9.10. The molecule has 0 unspecified atom stereocenters. The molecule has 0 aliphatic rings. The summed E-state index contributed by atoms with van der Waals surface area (Å²) < 4.78 is 11.3. The van der Waals surface area contributed by atoms with Crippen molar-refractivity contribution in [3.05, 3.63) is 86.8 Å². The van der Waals surface area contributed by atoms with E-state index >= 15 is 0 Å². The maximum atomic E-state index is 12.6. The molecule has 0 aromatic heterocycles. The number of benzene rings is 3. The van der Waals surface area contributed by atoms with E-state index in [4.69, 9.17) is 21.1 Å². The number of halogens is 2. The van der Waals surface area contributed by atoms with Crippen molar-refractivity contribution in [1.29, 1.82) is 0 Å². The number of hydrogen-bond donors (Lipinski definition) is 2. The molecule has 3 aromatic carbocycles. The molecule has 0 bridgehead atoms. The van der Waals surface area contributed by atoms with Crippen LogP contribution in [0, 0.1) is 0 Å². The fourth-order valence-corrected chi connectivity index (χ4v) is 3.25. The summed E-state index contributed by atoms with van der Waals surface area (Å²) in [7, 11) is 1.45. The summed E-state index contributed by atoms with van der Waals surface area (Å²) in [5, 5.41) is 14.4. The van der Waals surface area contributed by atoms with Crippen LogP contribution >= 0.6 is 27.5 Å². The third-order valence-corrected chi connectivity index (χ3v) is 5.10. The molecule has 0 atom stereocenters. The zero-order valence-corrected chi connectivity index (χ0v) is 18.3. The number of phenolic OH excluding ortho intramolecular Hbond substituents is 1. The van der Waals surface area contributed by atoms with Gasteiger partial charge in [-0.1, -0.05) is 41.9 Å². The lowest BCUT2D eigenvalue weighted by Crippen LogP contribution is -2.18. The van der Waals surface area contributed by atoms with Crippen molar-refractivity contribution in [3.8, 4) is 17.2 Å². The molecule has 3 aromatic rings. The average molecular weight is 490 g/mol. The second-order valence-corrected chi connectivity index (χ2v) is 7.39. The summed E-state index contributed by atoms with van der Waals surface area (Å²) in [6, 6.07) is 17.5. The molecule has 30 heavy (non-hydrogen) atoms. The Bertz CT molecular complexity index is 1090. The predicted molar refractivity (Wildman–Crippen MR) is 120 cm³/mol.